The number of hydrogen-bond acceptors (Lipinski definition) is 5. The maximum Gasteiger partial charge on any atom is 0.240 e. The van der Waals surface area contributed by atoms with E-state index in [4.69, 9.17) is 0 Å². The van der Waals surface area contributed by atoms with Crippen LogP contribution in [0.2, 0.25) is 0 Å². The summed E-state index contributed by atoms with van der Waals surface area (Å²) in [6.45, 7) is 5.12. The number of likely N-dealkylation sites (N-methyl/N-ethyl adjacent to an activating group) is 1. The third kappa shape index (κ3) is 4.85. The van der Waals surface area contributed by atoms with Gasteiger partial charge in [0.15, 0.2) is 0 Å². The zero-order valence-corrected chi connectivity index (χ0v) is 17.0. The largest absolute Gasteiger partial charge is 0.301 e. The molecule has 0 saturated carbocycles. The Morgan fingerprint density at radius 2 is 1.59 bits per heavy atom. The van der Waals surface area contributed by atoms with E-state index >= 15 is 0 Å². The van der Waals surface area contributed by atoms with Gasteiger partial charge in [0.05, 0.1) is 10.6 Å². The molecule has 2 aromatic rings. The Morgan fingerprint density at radius 1 is 0.926 bits per heavy atom. The van der Waals surface area contributed by atoms with Gasteiger partial charge in [-0.2, -0.15) is 4.31 Å². The van der Waals surface area contributed by atoms with Crippen LogP contribution < -0.4 is 4.72 Å². The Balaban J connectivity index is 1.61. The highest BCUT2D eigenvalue weighted by molar-refractivity contribution is 7.90. The molecule has 3 rings (SSSR count). The second-order valence-electron chi connectivity index (χ2n) is 6.56. The molecule has 1 saturated heterocycles. The maximum absolute atomic E-state index is 12.5. The molecule has 7 nitrogen and oxygen atoms in total. The number of benzene rings is 2. The molecule has 0 unspecified atom stereocenters. The average Bonchev–Trinajstić information content (AvgIpc) is 2.67. The molecular weight excluding hydrogens is 386 g/mol. The predicted octanol–water partition coefficient (Wildman–Crippen LogP) is 1.09. The molecule has 1 N–H and O–H groups in total. The zero-order valence-electron chi connectivity index (χ0n) is 15.3. The van der Waals surface area contributed by atoms with Crippen molar-refractivity contribution in [3.05, 3.63) is 42.5 Å². The van der Waals surface area contributed by atoms with Gasteiger partial charge in [-0.15, -0.1) is 0 Å². The monoisotopic (exact) mass is 411 g/mol. The Morgan fingerprint density at radius 3 is 2.26 bits per heavy atom. The number of hydrogen-bond donors (Lipinski definition) is 1. The second-order valence-corrected chi connectivity index (χ2v) is 10.4. The van der Waals surface area contributed by atoms with Crippen LogP contribution in [0.5, 0.6) is 0 Å². The van der Waals surface area contributed by atoms with E-state index in [1.54, 1.807) is 12.1 Å². The second kappa shape index (κ2) is 8.24. The highest BCUT2D eigenvalue weighted by Gasteiger charge is 2.26. The minimum atomic E-state index is -3.76. The summed E-state index contributed by atoms with van der Waals surface area (Å²) in [4.78, 5) is 2.32. The normalized spacial score (nSPS) is 17.4. The van der Waals surface area contributed by atoms with E-state index in [-0.39, 0.29) is 17.2 Å². The highest BCUT2D eigenvalue weighted by Crippen LogP contribution is 2.18. The summed E-state index contributed by atoms with van der Waals surface area (Å²) >= 11 is 0. The molecule has 2 aromatic carbocycles. The maximum atomic E-state index is 12.5. The molecule has 0 aromatic heterocycles. The van der Waals surface area contributed by atoms with Crippen LogP contribution >= 0.6 is 0 Å². The summed E-state index contributed by atoms with van der Waals surface area (Å²) in [6, 6.07) is 12.4. The molecule has 1 heterocycles. The number of sulfonamides is 2. The van der Waals surface area contributed by atoms with E-state index in [9.17, 15) is 16.8 Å². The molecular formula is C18H25N3O4S2. The van der Waals surface area contributed by atoms with Crippen molar-refractivity contribution in [3.63, 3.8) is 0 Å². The molecule has 1 fully saturated rings. The van der Waals surface area contributed by atoms with Crippen LogP contribution in [0.25, 0.3) is 10.8 Å². The van der Waals surface area contributed by atoms with Crippen molar-refractivity contribution in [2.24, 2.45) is 0 Å². The fourth-order valence-corrected chi connectivity index (χ4v) is 5.71. The summed E-state index contributed by atoms with van der Waals surface area (Å²) in [5.74, 6) is -0.244. The van der Waals surface area contributed by atoms with Crippen molar-refractivity contribution in [2.45, 2.75) is 11.8 Å². The first-order chi connectivity index (χ1) is 12.8. The number of nitrogens with one attached hydrogen (secondary N) is 1. The third-order valence-corrected chi connectivity index (χ3v) is 8.19. The van der Waals surface area contributed by atoms with Gasteiger partial charge < -0.3 is 4.90 Å². The van der Waals surface area contributed by atoms with Gasteiger partial charge in [-0.1, -0.05) is 37.3 Å². The Kier molecular flexibility index (Phi) is 6.17. The van der Waals surface area contributed by atoms with Gasteiger partial charge in [-0.3, -0.25) is 0 Å². The van der Waals surface area contributed by atoms with Crippen molar-refractivity contribution in [1.29, 1.82) is 0 Å². The summed E-state index contributed by atoms with van der Waals surface area (Å²) < 4.78 is 53.7. The summed E-state index contributed by atoms with van der Waals surface area (Å²) in [5.41, 5.74) is 0. The van der Waals surface area contributed by atoms with Crippen molar-refractivity contribution in [2.75, 3.05) is 45.0 Å². The van der Waals surface area contributed by atoms with E-state index in [0.29, 0.717) is 26.2 Å². The Bertz CT molecular complexity index is 998. The molecule has 27 heavy (non-hydrogen) atoms. The minimum absolute atomic E-state index is 0.134. The van der Waals surface area contributed by atoms with Gasteiger partial charge in [0.2, 0.25) is 20.0 Å². The number of piperazine rings is 1. The fourth-order valence-electron chi connectivity index (χ4n) is 3.18. The Labute approximate surface area is 161 Å². The van der Waals surface area contributed by atoms with E-state index in [2.05, 4.69) is 9.62 Å². The first-order valence-corrected chi connectivity index (χ1v) is 12.1. The number of rotatable bonds is 7. The van der Waals surface area contributed by atoms with Crippen LogP contribution in [0.3, 0.4) is 0 Å². The molecule has 0 bridgehead atoms. The van der Waals surface area contributed by atoms with E-state index in [1.807, 2.05) is 31.2 Å². The highest BCUT2D eigenvalue weighted by atomic mass is 32.2. The SMILES string of the molecule is CCN1CCN(S(=O)(=O)CCNS(=O)(=O)c2ccc3ccccc3c2)CC1. The van der Waals surface area contributed by atoms with E-state index < -0.39 is 20.0 Å². The van der Waals surface area contributed by atoms with Crippen molar-refractivity contribution < 1.29 is 16.8 Å². The van der Waals surface area contributed by atoms with Crippen LogP contribution in [-0.2, 0) is 20.0 Å². The predicted molar refractivity (Wildman–Crippen MR) is 107 cm³/mol. The summed E-state index contributed by atoms with van der Waals surface area (Å²) in [5, 5.41) is 1.77. The molecule has 9 heteroatoms. The van der Waals surface area contributed by atoms with Crippen molar-refractivity contribution >= 4 is 30.8 Å². The Hall–Kier alpha value is -1.52. The van der Waals surface area contributed by atoms with Crippen LogP contribution in [0.1, 0.15) is 6.92 Å². The zero-order chi connectivity index (χ0) is 19.5. The lowest BCUT2D eigenvalue weighted by molar-refractivity contribution is 0.196. The molecule has 1 aliphatic rings. The van der Waals surface area contributed by atoms with E-state index in [0.717, 1.165) is 17.3 Å². The topological polar surface area (TPSA) is 86.8 Å². The van der Waals surface area contributed by atoms with Crippen LogP contribution in [0, 0.1) is 0 Å². The molecule has 0 spiro atoms. The van der Waals surface area contributed by atoms with Crippen LogP contribution in [0.15, 0.2) is 47.4 Å². The first kappa shape index (κ1) is 20.2. The molecule has 1 aliphatic heterocycles. The number of nitrogens with zero attached hydrogens (tertiary/aromatic N) is 2. The van der Waals surface area contributed by atoms with Gasteiger partial charge in [0.25, 0.3) is 0 Å². The van der Waals surface area contributed by atoms with Gasteiger partial charge in [-0.05, 0) is 29.4 Å². The standard InChI is InChI=1S/C18H25N3O4S2/c1-2-20-10-12-21(13-11-20)26(22,23)14-9-19-27(24,25)18-8-7-16-5-3-4-6-17(16)15-18/h3-8,15,19H,2,9-14H2,1H3. The number of fused-ring (bicyclic) bond motifs is 1. The van der Waals surface area contributed by atoms with Crippen molar-refractivity contribution in [1.82, 2.24) is 13.9 Å². The summed E-state index contributed by atoms with van der Waals surface area (Å²) in [7, 11) is -7.23. The minimum Gasteiger partial charge on any atom is -0.301 e. The summed E-state index contributed by atoms with van der Waals surface area (Å²) in [6.07, 6.45) is 0. The van der Waals surface area contributed by atoms with Gasteiger partial charge in [0, 0.05) is 32.7 Å². The van der Waals surface area contributed by atoms with Crippen molar-refractivity contribution in [3.8, 4) is 0 Å². The molecule has 0 amide bonds. The smallest absolute Gasteiger partial charge is 0.240 e. The average molecular weight is 412 g/mol. The lowest BCUT2D eigenvalue weighted by atomic mass is 10.1. The fraction of sp³-hybridized carbons (Fsp3) is 0.444. The van der Waals surface area contributed by atoms with Gasteiger partial charge in [-0.25, -0.2) is 21.6 Å². The van der Waals surface area contributed by atoms with Gasteiger partial charge in [0.1, 0.15) is 0 Å². The molecule has 0 atom stereocenters. The first-order valence-electron chi connectivity index (χ1n) is 9.00. The van der Waals surface area contributed by atoms with Gasteiger partial charge >= 0.3 is 0 Å². The lowest BCUT2D eigenvalue weighted by Crippen LogP contribution is -2.49. The molecule has 0 radical (unpaired) electrons. The van der Waals surface area contributed by atoms with E-state index in [1.165, 1.54) is 10.4 Å². The third-order valence-electron chi connectivity index (χ3n) is 4.86. The molecule has 148 valence electrons. The quantitative estimate of drug-likeness (QED) is 0.737. The molecule has 0 aliphatic carbocycles. The van der Waals surface area contributed by atoms with Crippen LogP contribution in [-0.4, -0.2) is 71.1 Å². The van der Waals surface area contributed by atoms with Crippen LogP contribution in [0.4, 0.5) is 0 Å². The lowest BCUT2D eigenvalue weighted by Gasteiger charge is -2.33.